The number of likely N-dealkylation sites (tertiary alicyclic amines) is 1. The maximum absolute atomic E-state index is 12.3. The summed E-state index contributed by atoms with van der Waals surface area (Å²) in [6, 6.07) is 9.86. The summed E-state index contributed by atoms with van der Waals surface area (Å²) in [6.45, 7) is 10.6. The van der Waals surface area contributed by atoms with Crippen LogP contribution in [0, 0.1) is 18.3 Å². The molecular formula is C27H29N7O3. The van der Waals surface area contributed by atoms with Gasteiger partial charge in [-0.3, -0.25) is 9.67 Å². The Morgan fingerprint density at radius 2 is 2.00 bits per heavy atom. The second kappa shape index (κ2) is 9.24. The monoisotopic (exact) mass is 499 g/mol. The van der Waals surface area contributed by atoms with Crippen LogP contribution in [0.4, 0.5) is 4.79 Å². The number of hydrogen-bond donors (Lipinski definition) is 0. The number of amides is 1. The lowest BCUT2D eigenvalue weighted by Gasteiger charge is -2.40. The van der Waals surface area contributed by atoms with E-state index in [1.807, 2.05) is 76.0 Å². The highest BCUT2D eigenvalue weighted by atomic mass is 16.6. The van der Waals surface area contributed by atoms with Crippen LogP contribution >= 0.6 is 0 Å². The molecule has 37 heavy (non-hydrogen) atoms. The van der Waals surface area contributed by atoms with Crippen molar-refractivity contribution in [3.63, 3.8) is 0 Å². The van der Waals surface area contributed by atoms with E-state index in [1.54, 1.807) is 15.6 Å². The third-order valence-electron chi connectivity index (χ3n) is 6.32. The number of aromatic nitrogens is 5. The molecule has 1 aliphatic rings. The lowest BCUT2D eigenvalue weighted by molar-refractivity contribution is -0.000652. The van der Waals surface area contributed by atoms with Crippen molar-refractivity contribution in [1.82, 2.24) is 29.3 Å². The van der Waals surface area contributed by atoms with E-state index in [-0.39, 0.29) is 18.2 Å². The van der Waals surface area contributed by atoms with Gasteiger partial charge in [0.15, 0.2) is 0 Å². The highest BCUT2D eigenvalue weighted by molar-refractivity contribution is 5.76. The van der Waals surface area contributed by atoms with Crippen molar-refractivity contribution in [1.29, 1.82) is 5.26 Å². The van der Waals surface area contributed by atoms with Gasteiger partial charge in [0.25, 0.3) is 0 Å². The molecule has 1 aliphatic heterocycles. The highest BCUT2D eigenvalue weighted by Crippen LogP contribution is 2.35. The zero-order valence-corrected chi connectivity index (χ0v) is 21.5. The number of nitrogens with zero attached hydrogens (tertiary/aromatic N) is 7. The molecule has 4 aromatic heterocycles. The van der Waals surface area contributed by atoms with E-state index in [0.717, 1.165) is 22.5 Å². The molecule has 0 aromatic carbocycles. The molecule has 0 unspecified atom stereocenters. The smallest absolute Gasteiger partial charge is 0.410 e. The third kappa shape index (κ3) is 4.72. The molecule has 1 amide bonds. The van der Waals surface area contributed by atoms with Crippen molar-refractivity contribution < 1.29 is 14.3 Å². The van der Waals surface area contributed by atoms with Crippen LogP contribution in [0.15, 0.2) is 49.1 Å². The molecule has 0 saturated carbocycles. The predicted octanol–water partition coefficient (Wildman–Crippen LogP) is 4.70. The van der Waals surface area contributed by atoms with E-state index >= 15 is 0 Å². The largest absolute Gasteiger partial charge is 0.482 e. The Labute approximate surface area is 215 Å². The van der Waals surface area contributed by atoms with Gasteiger partial charge in [0, 0.05) is 42.3 Å². The van der Waals surface area contributed by atoms with Crippen molar-refractivity contribution in [3.05, 3.63) is 66.0 Å². The first-order valence-corrected chi connectivity index (χ1v) is 12.2. The van der Waals surface area contributed by atoms with Gasteiger partial charge < -0.3 is 14.4 Å². The number of nitriles is 1. The summed E-state index contributed by atoms with van der Waals surface area (Å²) < 4.78 is 15.4. The molecule has 0 bridgehead atoms. The molecular weight excluding hydrogens is 470 g/mol. The van der Waals surface area contributed by atoms with Crippen LogP contribution in [-0.4, -0.2) is 54.1 Å². The Morgan fingerprint density at radius 1 is 1.22 bits per heavy atom. The molecule has 0 radical (unpaired) electrons. The fourth-order valence-corrected chi connectivity index (χ4v) is 4.43. The van der Waals surface area contributed by atoms with E-state index in [1.165, 1.54) is 6.20 Å². The molecule has 5 rings (SSSR count). The van der Waals surface area contributed by atoms with Crippen LogP contribution in [0.2, 0.25) is 0 Å². The van der Waals surface area contributed by atoms with Crippen molar-refractivity contribution in [2.45, 2.75) is 52.4 Å². The maximum atomic E-state index is 12.3. The van der Waals surface area contributed by atoms with E-state index in [9.17, 15) is 10.1 Å². The Bertz CT molecular complexity index is 1490. The summed E-state index contributed by atoms with van der Waals surface area (Å²) in [5.41, 5.74) is 4.03. The van der Waals surface area contributed by atoms with E-state index < -0.39 is 5.60 Å². The van der Waals surface area contributed by atoms with E-state index in [4.69, 9.17) is 9.47 Å². The minimum Gasteiger partial charge on any atom is -0.482 e. The number of carbonyl (C=O) groups is 1. The average Bonchev–Trinajstić information content (AvgIpc) is 3.41. The Balaban J connectivity index is 1.43. The minimum atomic E-state index is -0.526. The second-order valence-corrected chi connectivity index (χ2v) is 10.2. The molecule has 4 aromatic rings. The average molecular weight is 500 g/mol. The second-order valence-electron chi connectivity index (χ2n) is 10.2. The van der Waals surface area contributed by atoms with E-state index in [0.29, 0.717) is 29.9 Å². The highest BCUT2D eigenvalue weighted by Gasteiger charge is 2.36. The normalized spacial score (nSPS) is 14.8. The van der Waals surface area contributed by atoms with Gasteiger partial charge in [0.2, 0.25) is 0 Å². The van der Waals surface area contributed by atoms with Gasteiger partial charge in [0.05, 0.1) is 24.1 Å². The van der Waals surface area contributed by atoms with Crippen molar-refractivity contribution in [2.75, 3.05) is 13.1 Å². The summed E-state index contributed by atoms with van der Waals surface area (Å²) >= 11 is 0. The fraction of sp³-hybridized carbons (Fsp3) is 0.370. The van der Waals surface area contributed by atoms with Crippen LogP contribution in [0.5, 0.6) is 5.75 Å². The predicted molar refractivity (Wildman–Crippen MR) is 136 cm³/mol. The van der Waals surface area contributed by atoms with Gasteiger partial charge in [-0.15, -0.1) is 0 Å². The van der Waals surface area contributed by atoms with Crippen LogP contribution in [0.3, 0.4) is 0 Å². The summed E-state index contributed by atoms with van der Waals surface area (Å²) in [7, 11) is 0. The Kier molecular flexibility index (Phi) is 6.07. The Morgan fingerprint density at radius 3 is 2.68 bits per heavy atom. The van der Waals surface area contributed by atoms with Gasteiger partial charge in [-0.05, 0) is 52.8 Å². The molecule has 10 nitrogen and oxygen atoms in total. The number of pyridine rings is 2. The SMILES string of the molecule is Cc1c(-c2cc(O[C@H](C)c3ccccn3)c3c(C#N)cnn3c2)cnn1C1CN(C(=O)OC(C)(C)C)C1. The standard InChI is InChI=1S/C27H29N7O3/c1-17-22(13-31-34(17)21-15-32(16-21)26(35)37-27(3,4)5)19-10-24(25-20(11-28)12-30-33(25)14-19)36-18(2)23-8-6-7-9-29-23/h6-10,12-14,18,21H,15-16H2,1-5H3/t18-/m1/s1. The fourth-order valence-electron chi connectivity index (χ4n) is 4.43. The van der Waals surface area contributed by atoms with Crippen LogP contribution < -0.4 is 4.74 Å². The lowest BCUT2D eigenvalue weighted by Crippen LogP contribution is -2.52. The van der Waals surface area contributed by atoms with Crippen molar-refractivity contribution in [3.8, 4) is 22.9 Å². The quantitative estimate of drug-likeness (QED) is 0.391. The summed E-state index contributed by atoms with van der Waals surface area (Å²) in [5, 5.41) is 18.6. The molecule has 190 valence electrons. The zero-order valence-electron chi connectivity index (χ0n) is 21.5. The van der Waals surface area contributed by atoms with Crippen LogP contribution in [-0.2, 0) is 4.74 Å². The number of ether oxygens (including phenoxy) is 2. The number of carbonyl (C=O) groups excluding carboxylic acids is 1. The molecule has 1 fully saturated rings. The van der Waals surface area contributed by atoms with Crippen LogP contribution in [0.1, 0.15) is 56.8 Å². The molecule has 10 heteroatoms. The molecule has 1 atom stereocenters. The number of hydrogen-bond acceptors (Lipinski definition) is 7. The van der Waals surface area contributed by atoms with Crippen molar-refractivity contribution >= 4 is 11.6 Å². The van der Waals surface area contributed by atoms with Gasteiger partial charge in [-0.2, -0.15) is 15.5 Å². The van der Waals surface area contributed by atoms with Gasteiger partial charge in [0.1, 0.15) is 34.6 Å². The molecule has 1 saturated heterocycles. The van der Waals surface area contributed by atoms with Gasteiger partial charge >= 0.3 is 6.09 Å². The van der Waals surface area contributed by atoms with Gasteiger partial charge in [-0.25, -0.2) is 9.31 Å². The number of fused-ring (bicyclic) bond motifs is 1. The topological polar surface area (TPSA) is 111 Å². The summed E-state index contributed by atoms with van der Waals surface area (Å²) in [5.74, 6) is 0.539. The lowest BCUT2D eigenvalue weighted by atomic mass is 10.1. The van der Waals surface area contributed by atoms with Crippen molar-refractivity contribution in [2.24, 2.45) is 0 Å². The molecule has 5 heterocycles. The van der Waals surface area contributed by atoms with Gasteiger partial charge in [-0.1, -0.05) is 6.07 Å². The molecule has 0 aliphatic carbocycles. The third-order valence-corrected chi connectivity index (χ3v) is 6.32. The van der Waals surface area contributed by atoms with Crippen LogP contribution in [0.25, 0.3) is 16.6 Å². The first-order valence-electron chi connectivity index (χ1n) is 12.2. The molecule has 0 N–H and O–H groups in total. The first kappa shape index (κ1) is 24.3. The number of rotatable bonds is 5. The zero-order chi connectivity index (χ0) is 26.3. The summed E-state index contributed by atoms with van der Waals surface area (Å²) in [6.07, 6.45) is 6.30. The van der Waals surface area contributed by atoms with E-state index in [2.05, 4.69) is 21.3 Å². The first-order chi connectivity index (χ1) is 17.6. The maximum Gasteiger partial charge on any atom is 0.410 e. The minimum absolute atomic E-state index is 0.0693. The Hall–Kier alpha value is -4.39. The summed E-state index contributed by atoms with van der Waals surface area (Å²) in [4.78, 5) is 18.4. The molecule has 0 spiro atoms.